The van der Waals surface area contributed by atoms with E-state index in [0.717, 1.165) is 0 Å². The highest BCUT2D eigenvalue weighted by molar-refractivity contribution is 9.09. The van der Waals surface area contributed by atoms with Gasteiger partial charge in [-0.2, -0.15) is 0 Å². The van der Waals surface area contributed by atoms with E-state index in [2.05, 4.69) is 26.2 Å². The van der Waals surface area contributed by atoms with Crippen LogP contribution < -0.4 is 10.1 Å². The monoisotopic (exact) mass is 323 g/mol. The molecular weight excluding hydrogens is 310 g/mol. The molecule has 2 rings (SSSR count). The van der Waals surface area contributed by atoms with Crippen molar-refractivity contribution in [2.75, 3.05) is 12.1 Å². The number of halogens is 1. The molecule has 1 aromatic heterocycles. The van der Waals surface area contributed by atoms with E-state index in [4.69, 9.17) is 4.74 Å². The number of hydrogen-bond acceptors (Lipinski definition) is 3. The number of nitrogens with zero attached hydrogens (tertiary/aromatic N) is 2. The Labute approximate surface area is 119 Å². The van der Waals surface area contributed by atoms with Gasteiger partial charge in [0.05, 0.1) is 11.9 Å². The van der Waals surface area contributed by atoms with Crippen molar-refractivity contribution >= 4 is 21.8 Å². The second kappa shape index (κ2) is 6.94. The molecule has 0 aliphatic heterocycles. The van der Waals surface area contributed by atoms with Crippen LogP contribution in [0.3, 0.4) is 0 Å². The van der Waals surface area contributed by atoms with Crippen molar-refractivity contribution in [3.8, 4) is 5.75 Å². The number of benzene rings is 1. The minimum Gasteiger partial charge on any atom is -0.482 e. The average Bonchev–Trinajstić information content (AvgIpc) is 2.93. The fraction of sp³-hybridized carbons (Fsp3) is 0.231. The fourth-order valence-corrected chi connectivity index (χ4v) is 1.90. The van der Waals surface area contributed by atoms with Gasteiger partial charge in [-0.15, -0.1) is 0 Å². The van der Waals surface area contributed by atoms with Gasteiger partial charge in [0.15, 0.2) is 0 Å². The molecule has 0 bridgehead atoms. The number of amides is 1. The van der Waals surface area contributed by atoms with Gasteiger partial charge in [-0.3, -0.25) is 4.79 Å². The number of carbonyl (C=O) groups is 1. The van der Waals surface area contributed by atoms with Crippen LogP contribution in [0.5, 0.6) is 5.75 Å². The SMILES string of the molecule is O=C(NCCn1ccnc1)c1ccccc1OCBr. The number of hydrogen-bond donors (Lipinski definition) is 1. The van der Waals surface area contributed by atoms with Crippen molar-refractivity contribution in [2.24, 2.45) is 0 Å². The summed E-state index contributed by atoms with van der Waals surface area (Å²) >= 11 is 3.18. The largest absolute Gasteiger partial charge is 0.482 e. The van der Waals surface area contributed by atoms with E-state index in [1.165, 1.54) is 0 Å². The van der Waals surface area contributed by atoms with Crippen LogP contribution in [-0.2, 0) is 6.54 Å². The predicted molar refractivity (Wildman–Crippen MR) is 75.4 cm³/mol. The molecule has 0 saturated carbocycles. The molecule has 0 aliphatic rings. The van der Waals surface area contributed by atoms with E-state index in [1.54, 1.807) is 24.7 Å². The minimum absolute atomic E-state index is 0.142. The molecule has 2 aromatic rings. The number of alkyl halides is 1. The van der Waals surface area contributed by atoms with Gasteiger partial charge in [0, 0.05) is 25.5 Å². The maximum atomic E-state index is 12.0. The number of aromatic nitrogens is 2. The van der Waals surface area contributed by atoms with Crippen molar-refractivity contribution < 1.29 is 9.53 Å². The molecule has 6 heteroatoms. The summed E-state index contributed by atoms with van der Waals surface area (Å²) in [5.74, 6) is 0.427. The summed E-state index contributed by atoms with van der Waals surface area (Å²) in [4.78, 5) is 16.0. The second-order valence-corrected chi connectivity index (χ2v) is 4.26. The molecule has 5 nitrogen and oxygen atoms in total. The van der Waals surface area contributed by atoms with Crippen LogP contribution in [0, 0.1) is 0 Å². The van der Waals surface area contributed by atoms with Gasteiger partial charge in [0.1, 0.15) is 11.3 Å². The van der Waals surface area contributed by atoms with Gasteiger partial charge in [-0.1, -0.05) is 12.1 Å². The third-order valence-corrected chi connectivity index (χ3v) is 2.79. The molecule has 1 heterocycles. The highest BCUT2D eigenvalue weighted by atomic mass is 79.9. The number of ether oxygens (including phenoxy) is 1. The molecule has 1 amide bonds. The maximum absolute atomic E-state index is 12.0. The summed E-state index contributed by atoms with van der Waals surface area (Å²) in [6.45, 7) is 1.23. The third kappa shape index (κ3) is 3.82. The Hall–Kier alpha value is -1.82. The summed E-state index contributed by atoms with van der Waals surface area (Å²) in [5.41, 5.74) is 0.888. The smallest absolute Gasteiger partial charge is 0.255 e. The predicted octanol–water partition coefficient (Wildman–Crippen LogP) is 2.04. The normalized spacial score (nSPS) is 10.2. The quantitative estimate of drug-likeness (QED) is 0.828. The first-order chi connectivity index (χ1) is 9.31. The molecule has 0 aliphatic carbocycles. The molecule has 1 N–H and O–H groups in total. The summed E-state index contributed by atoms with van der Waals surface area (Å²) in [7, 11) is 0. The second-order valence-electron chi connectivity index (χ2n) is 3.81. The molecule has 100 valence electrons. The van der Waals surface area contributed by atoms with Crippen LogP contribution in [0.1, 0.15) is 10.4 Å². The number of carbonyl (C=O) groups excluding carboxylic acids is 1. The maximum Gasteiger partial charge on any atom is 0.255 e. The number of imidazole rings is 1. The van der Waals surface area contributed by atoms with Crippen LogP contribution in [-0.4, -0.2) is 27.5 Å². The summed E-state index contributed by atoms with van der Waals surface area (Å²) in [6, 6.07) is 7.16. The van der Waals surface area contributed by atoms with E-state index < -0.39 is 0 Å². The Morgan fingerprint density at radius 2 is 2.26 bits per heavy atom. The van der Waals surface area contributed by atoms with Gasteiger partial charge >= 0.3 is 0 Å². The van der Waals surface area contributed by atoms with E-state index >= 15 is 0 Å². The Balaban J connectivity index is 1.92. The molecule has 1 aromatic carbocycles. The average molecular weight is 324 g/mol. The molecule has 0 radical (unpaired) electrons. The molecular formula is C13H14BrN3O2. The molecule has 0 saturated heterocycles. The Kier molecular flexibility index (Phi) is 4.97. The first-order valence-electron chi connectivity index (χ1n) is 5.83. The van der Waals surface area contributed by atoms with Gasteiger partial charge in [-0.05, 0) is 28.1 Å². The van der Waals surface area contributed by atoms with Crippen molar-refractivity contribution in [3.05, 3.63) is 48.5 Å². The van der Waals surface area contributed by atoms with Crippen molar-refractivity contribution in [1.29, 1.82) is 0 Å². The summed E-state index contributed by atoms with van der Waals surface area (Å²) < 4.78 is 7.25. The van der Waals surface area contributed by atoms with Gasteiger partial charge < -0.3 is 14.6 Å². The van der Waals surface area contributed by atoms with Crippen LogP contribution in [0.2, 0.25) is 0 Å². The van der Waals surface area contributed by atoms with Crippen molar-refractivity contribution in [2.45, 2.75) is 6.54 Å². The standard InChI is InChI=1S/C13H14BrN3O2/c14-9-19-12-4-2-1-3-11(12)13(18)16-6-8-17-7-5-15-10-17/h1-5,7,10H,6,8-9H2,(H,16,18). The Morgan fingerprint density at radius 1 is 1.42 bits per heavy atom. The number of para-hydroxylation sites is 1. The first-order valence-corrected chi connectivity index (χ1v) is 6.95. The topological polar surface area (TPSA) is 56.2 Å². The number of rotatable bonds is 6. The molecule has 0 atom stereocenters. The van der Waals surface area contributed by atoms with E-state index in [0.29, 0.717) is 29.9 Å². The van der Waals surface area contributed by atoms with Crippen LogP contribution >= 0.6 is 15.9 Å². The van der Waals surface area contributed by atoms with Crippen molar-refractivity contribution in [3.63, 3.8) is 0 Å². The molecule has 0 unspecified atom stereocenters. The lowest BCUT2D eigenvalue weighted by atomic mass is 10.2. The zero-order valence-electron chi connectivity index (χ0n) is 10.3. The lowest BCUT2D eigenvalue weighted by Crippen LogP contribution is -2.27. The van der Waals surface area contributed by atoms with Gasteiger partial charge in [-0.25, -0.2) is 4.98 Å². The molecule has 0 fully saturated rings. The van der Waals surface area contributed by atoms with Crippen molar-refractivity contribution in [1.82, 2.24) is 14.9 Å². The van der Waals surface area contributed by atoms with E-state index in [9.17, 15) is 4.79 Å². The minimum atomic E-state index is -0.142. The van der Waals surface area contributed by atoms with E-state index in [1.807, 2.05) is 22.9 Å². The zero-order valence-corrected chi connectivity index (χ0v) is 11.8. The van der Waals surface area contributed by atoms with Crippen LogP contribution in [0.4, 0.5) is 0 Å². The Bertz CT molecular complexity index is 528. The van der Waals surface area contributed by atoms with E-state index in [-0.39, 0.29) is 5.91 Å². The number of nitrogens with one attached hydrogen (secondary N) is 1. The molecule has 19 heavy (non-hydrogen) atoms. The van der Waals surface area contributed by atoms with Gasteiger partial charge in [0.2, 0.25) is 0 Å². The lowest BCUT2D eigenvalue weighted by molar-refractivity contribution is 0.0949. The van der Waals surface area contributed by atoms with Crippen LogP contribution in [0.25, 0.3) is 0 Å². The fourth-order valence-electron chi connectivity index (χ4n) is 1.65. The zero-order chi connectivity index (χ0) is 13.5. The molecule has 0 spiro atoms. The summed E-state index contributed by atoms with van der Waals surface area (Å²) in [5, 5.41) is 2.85. The van der Waals surface area contributed by atoms with Gasteiger partial charge in [0.25, 0.3) is 5.91 Å². The summed E-state index contributed by atoms with van der Waals surface area (Å²) in [6.07, 6.45) is 5.28. The Morgan fingerprint density at radius 3 is 3.00 bits per heavy atom. The first kappa shape index (κ1) is 13.6. The van der Waals surface area contributed by atoms with Crippen LogP contribution in [0.15, 0.2) is 43.0 Å². The highest BCUT2D eigenvalue weighted by Crippen LogP contribution is 2.18. The lowest BCUT2D eigenvalue weighted by Gasteiger charge is -2.10. The third-order valence-electron chi connectivity index (χ3n) is 2.56. The highest BCUT2D eigenvalue weighted by Gasteiger charge is 2.10.